The Morgan fingerprint density at radius 1 is 1.28 bits per heavy atom. The smallest absolute Gasteiger partial charge is 0.150 e. The first-order chi connectivity index (χ1) is 8.48. The lowest BCUT2D eigenvalue weighted by Crippen LogP contribution is -2.14. The summed E-state index contributed by atoms with van der Waals surface area (Å²) in [5, 5.41) is 0.783. The van der Waals surface area contributed by atoms with Crippen molar-refractivity contribution in [3.8, 4) is 0 Å². The van der Waals surface area contributed by atoms with Crippen molar-refractivity contribution < 1.29 is 8.42 Å². The fraction of sp³-hybridized carbons (Fsp3) is 0.538. The summed E-state index contributed by atoms with van der Waals surface area (Å²) in [7, 11) is -2.89. The molecule has 0 saturated heterocycles. The minimum Gasteiger partial charge on any atom is -0.229 e. The van der Waals surface area contributed by atoms with Crippen LogP contribution in [-0.4, -0.2) is 25.3 Å². The van der Waals surface area contributed by atoms with E-state index < -0.39 is 9.84 Å². The van der Waals surface area contributed by atoms with Gasteiger partial charge in [0.15, 0.2) is 0 Å². The summed E-state index contributed by atoms with van der Waals surface area (Å²) in [5.41, 5.74) is 1.17. The van der Waals surface area contributed by atoms with Gasteiger partial charge in [0, 0.05) is 15.6 Å². The largest absolute Gasteiger partial charge is 0.229 e. The highest BCUT2D eigenvalue weighted by Crippen LogP contribution is 2.25. The minimum atomic E-state index is -2.89. The standard InChI is InChI=1S/C13H18Br2O2S/c1-2-7-18(16,17)8-6-12(10-14)11-4-3-5-13(15)9-11/h3-5,9,12H,2,6-8,10H2,1H3. The molecule has 0 fully saturated rings. The number of benzene rings is 1. The summed E-state index contributed by atoms with van der Waals surface area (Å²) < 4.78 is 24.5. The van der Waals surface area contributed by atoms with Gasteiger partial charge in [-0.2, -0.15) is 0 Å². The number of alkyl halides is 1. The van der Waals surface area contributed by atoms with Gasteiger partial charge in [0.1, 0.15) is 9.84 Å². The van der Waals surface area contributed by atoms with Crippen molar-refractivity contribution in [3.63, 3.8) is 0 Å². The van der Waals surface area contributed by atoms with Crippen LogP contribution in [-0.2, 0) is 9.84 Å². The van der Waals surface area contributed by atoms with Gasteiger partial charge < -0.3 is 0 Å². The predicted molar refractivity (Wildman–Crippen MR) is 84.2 cm³/mol. The second kappa shape index (κ2) is 7.65. The van der Waals surface area contributed by atoms with Crippen LogP contribution < -0.4 is 0 Å². The van der Waals surface area contributed by atoms with E-state index in [0.717, 1.165) is 9.80 Å². The van der Waals surface area contributed by atoms with Crippen LogP contribution >= 0.6 is 31.9 Å². The van der Waals surface area contributed by atoms with Crippen LogP contribution in [0.25, 0.3) is 0 Å². The molecule has 1 unspecified atom stereocenters. The SMILES string of the molecule is CCCS(=O)(=O)CCC(CBr)c1cccc(Br)c1. The van der Waals surface area contributed by atoms with Crippen LogP contribution in [0.15, 0.2) is 28.7 Å². The third kappa shape index (κ3) is 5.41. The first-order valence-electron chi connectivity index (χ1n) is 6.00. The molecule has 5 heteroatoms. The van der Waals surface area contributed by atoms with E-state index in [0.29, 0.717) is 18.6 Å². The Labute approximate surface area is 126 Å². The minimum absolute atomic E-state index is 0.245. The van der Waals surface area contributed by atoms with Crippen LogP contribution in [0.1, 0.15) is 31.2 Å². The summed E-state index contributed by atoms with van der Waals surface area (Å²) >= 11 is 6.92. The molecule has 0 aliphatic rings. The highest BCUT2D eigenvalue weighted by Gasteiger charge is 2.16. The van der Waals surface area contributed by atoms with Gasteiger partial charge in [0.05, 0.1) is 5.75 Å². The molecule has 2 nitrogen and oxygen atoms in total. The van der Waals surface area contributed by atoms with Crippen molar-refractivity contribution in [2.24, 2.45) is 0 Å². The molecular formula is C13H18Br2O2S. The highest BCUT2D eigenvalue weighted by atomic mass is 79.9. The first-order valence-corrected chi connectivity index (χ1v) is 9.74. The van der Waals surface area contributed by atoms with Crippen LogP contribution in [0, 0.1) is 0 Å². The molecule has 1 aromatic rings. The van der Waals surface area contributed by atoms with E-state index >= 15 is 0 Å². The average Bonchev–Trinajstić information content (AvgIpc) is 2.29. The summed E-state index contributed by atoms with van der Waals surface area (Å²) in [6.07, 6.45) is 1.36. The summed E-state index contributed by atoms with van der Waals surface area (Å²) in [5.74, 6) is 0.804. The zero-order valence-corrected chi connectivity index (χ0v) is 14.4. The Balaban J connectivity index is 2.69. The highest BCUT2D eigenvalue weighted by molar-refractivity contribution is 9.10. The van der Waals surface area contributed by atoms with Crippen LogP contribution in [0.2, 0.25) is 0 Å². The van der Waals surface area contributed by atoms with E-state index in [-0.39, 0.29) is 11.7 Å². The van der Waals surface area contributed by atoms with Gasteiger partial charge in [-0.05, 0) is 36.5 Å². The van der Waals surface area contributed by atoms with Crippen LogP contribution in [0.4, 0.5) is 0 Å². The van der Waals surface area contributed by atoms with Crippen molar-refractivity contribution in [1.29, 1.82) is 0 Å². The number of sulfone groups is 1. The Hall–Kier alpha value is 0.130. The third-order valence-corrected chi connectivity index (χ3v) is 5.96. The predicted octanol–water partition coefficient (Wildman–Crippen LogP) is 4.14. The fourth-order valence-electron chi connectivity index (χ4n) is 1.83. The van der Waals surface area contributed by atoms with Crippen LogP contribution in [0.3, 0.4) is 0 Å². The monoisotopic (exact) mass is 396 g/mol. The zero-order chi connectivity index (χ0) is 13.6. The number of halogens is 2. The lowest BCUT2D eigenvalue weighted by atomic mass is 9.99. The normalized spacial score (nSPS) is 13.5. The topological polar surface area (TPSA) is 34.1 Å². The molecule has 0 saturated carbocycles. The average molecular weight is 398 g/mol. The van der Waals surface area contributed by atoms with Gasteiger partial charge in [-0.3, -0.25) is 0 Å². The maximum atomic E-state index is 11.7. The van der Waals surface area contributed by atoms with Crippen molar-refractivity contribution in [1.82, 2.24) is 0 Å². The molecular weight excluding hydrogens is 380 g/mol. The van der Waals surface area contributed by atoms with E-state index in [1.165, 1.54) is 5.56 Å². The molecule has 0 bridgehead atoms. The molecule has 0 aliphatic heterocycles. The van der Waals surface area contributed by atoms with Gasteiger partial charge in [0.2, 0.25) is 0 Å². The Bertz CT molecular complexity index is 472. The Kier molecular flexibility index (Phi) is 6.88. The Morgan fingerprint density at radius 3 is 2.56 bits per heavy atom. The zero-order valence-electron chi connectivity index (χ0n) is 10.4. The molecule has 0 amide bonds. The molecule has 18 heavy (non-hydrogen) atoms. The summed E-state index contributed by atoms with van der Waals surface area (Å²) in [6.45, 7) is 1.90. The molecule has 1 aromatic carbocycles. The Morgan fingerprint density at radius 2 is 2.00 bits per heavy atom. The number of rotatable bonds is 7. The maximum Gasteiger partial charge on any atom is 0.150 e. The van der Waals surface area contributed by atoms with Crippen molar-refractivity contribution in [2.75, 3.05) is 16.8 Å². The van der Waals surface area contributed by atoms with Crippen molar-refractivity contribution in [3.05, 3.63) is 34.3 Å². The molecule has 102 valence electrons. The fourth-order valence-corrected chi connectivity index (χ4v) is 4.41. The second-order valence-electron chi connectivity index (χ2n) is 4.35. The van der Waals surface area contributed by atoms with E-state index in [4.69, 9.17) is 0 Å². The van der Waals surface area contributed by atoms with Gasteiger partial charge in [0.25, 0.3) is 0 Å². The summed E-state index contributed by atoms with van der Waals surface area (Å²) in [6, 6.07) is 8.06. The third-order valence-electron chi connectivity index (χ3n) is 2.80. The van der Waals surface area contributed by atoms with Gasteiger partial charge in [-0.15, -0.1) is 0 Å². The van der Waals surface area contributed by atoms with Gasteiger partial charge >= 0.3 is 0 Å². The van der Waals surface area contributed by atoms with E-state index in [1.807, 2.05) is 25.1 Å². The molecule has 0 aromatic heterocycles. The van der Waals surface area contributed by atoms with Gasteiger partial charge in [-0.25, -0.2) is 8.42 Å². The number of hydrogen-bond acceptors (Lipinski definition) is 2. The molecule has 1 rings (SSSR count). The summed E-state index contributed by atoms with van der Waals surface area (Å²) in [4.78, 5) is 0. The maximum absolute atomic E-state index is 11.7. The molecule has 0 spiro atoms. The van der Waals surface area contributed by atoms with Gasteiger partial charge in [-0.1, -0.05) is 50.9 Å². The lowest BCUT2D eigenvalue weighted by molar-refractivity contribution is 0.588. The quantitative estimate of drug-likeness (QED) is 0.647. The van der Waals surface area contributed by atoms with E-state index in [2.05, 4.69) is 37.9 Å². The first kappa shape index (κ1) is 16.2. The number of hydrogen-bond donors (Lipinski definition) is 0. The van der Waals surface area contributed by atoms with E-state index in [9.17, 15) is 8.42 Å². The molecule has 0 aliphatic carbocycles. The van der Waals surface area contributed by atoms with Crippen LogP contribution in [0.5, 0.6) is 0 Å². The molecule has 1 atom stereocenters. The molecule has 0 N–H and O–H groups in total. The molecule has 0 radical (unpaired) electrons. The molecule has 0 heterocycles. The van der Waals surface area contributed by atoms with E-state index in [1.54, 1.807) is 0 Å². The van der Waals surface area contributed by atoms with Crippen molar-refractivity contribution >= 4 is 41.7 Å². The van der Waals surface area contributed by atoms with Crippen molar-refractivity contribution in [2.45, 2.75) is 25.7 Å². The lowest BCUT2D eigenvalue weighted by Gasteiger charge is -2.14. The second-order valence-corrected chi connectivity index (χ2v) is 8.21.